The lowest BCUT2D eigenvalue weighted by molar-refractivity contribution is -0.0194. The van der Waals surface area contributed by atoms with Crippen LogP contribution in [0.15, 0.2) is 24.3 Å². The first-order chi connectivity index (χ1) is 9.83. The van der Waals surface area contributed by atoms with Gasteiger partial charge in [0.25, 0.3) is 0 Å². The van der Waals surface area contributed by atoms with Gasteiger partial charge in [0.15, 0.2) is 0 Å². The van der Waals surface area contributed by atoms with Crippen molar-refractivity contribution in [2.24, 2.45) is 5.92 Å². The molecule has 2 rings (SSSR count). The van der Waals surface area contributed by atoms with E-state index in [1.54, 1.807) is 0 Å². The fraction of sp³-hybridized carbons (Fsp3) is 0.667. The van der Waals surface area contributed by atoms with Gasteiger partial charge in [-0.3, -0.25) is 0 Å². The molecule has 0 amide bonds. The van der Waals surface area contributed by atoms with Crippen molar-refractivity contribution in [1.29, 1.82) is 0 Å². The summed E-state index contributed by atoms with van der Waals surface area (Å²) in [6.45, 7) is 6.17. The lowest BCUT2D eigenvalue weighted by Crippen LogP contribution is -2.20. The Balaban J connectivity index is 1.81. The molecule has 0 aromatic heterocycles. The van der Waals surface area contributed by atoms with Gasteiger partial charge in [-0.15, -0.1) is 0 Å². The maximum absolute atomic E-state index is 6.03. The smallest absolute Gasteiger partial charge is 0.119 e. The average Bonchev–Trinajstić information content (AvgIpc) is 2.49. The second-order valence-electron chi connectivity index (χ2n) is 5.83. The van der Waals surface area contributed by atoms with Crippen molar-refractivity contribution in [1.82, 2.24) is 0 Å². The zero-order chi connectivity index (χ0) is 14.2. The van der Waals surface area contributed by atoms with Crippen LogP contribution >= 0.6 is 0 Å². The standard InChI is InChI=1S/C18H28O2/c1-3-5-13-19-17-10-8-16(9-11-17)18-12-7-15(6-4-2)14-20-18/h8-11,15,18H,3-7,12-14H2,1-2H3. The van der Waals surface area contributed by atoms with Crippen LogP contribution in [0, 0.1) is 5.92 Å². The minimum Gasteiger partial charge on any atom is -0.494 e. The molecule has 0 radical (unpaired) electrons. The molecule has 1 aromatic carbocycles. The van der Waals surface area contributed by atoms with Gasteiger partial charge in [-0.05, 0) is 49.3 Å². The first-order valence-corrected chi connectivity index (χ1v) is 8.17. The van der Waals surface area contributed by atoms with E-state index in [0.29, 0.717) is 0 Å². The Morgan fingerprint density at radius 1 is 1.10 bits per heavy atom. The zero-order valence-electron chi connectivity index (χ0n) is 12.9. The van der Waals surface area contributed by atoms with Crippen LogP contribution in [-0.4, -0.2) is 13.2 Å². The van der Waals surface area contributed by atoms with Gasteiger partial charge in [-0.1, -0.05) is 38.8 Å². The molecule has 0 saturated carbocycles. The molecular weight excluding hydrogens is 248 g/mol. The van der Waals surface area contributed by atoms with Gasteiger partial charge in [0.1, 0.15) is 5.75 Å². The van der Waals surface area contributed by atoms with Gasteiger partial charge in [-0.25, -0.2) is 0 Å². The van der Waals surface area contributed by atoms with E-state index < -0.39 is 0 Å². The van der Waals surface area contributed by atoms with Crippen molar-refractivity contribution in [3.05, 3.63) is 29.8 Å². The molecule has 1 heterocycles. The lowest BCUT2D eigenvalue weighted by atomic mass is 9.92. The molecule has 1 saturated heterocycles. The summed E-state index contributed by atoms with van der Waals surface area (Å²) in [7, 11) is 0. The highest BCUT2D eigenvalue weighted by molar-refractivity contribution is 5.28. The molecular formula is C18H28O2. The Hall–Kier alpha value is -1.02. The van der Waals surface area contributed by atoms with E-state index in [-0.39, 0.29) is 6.10 Å². The highest BCUT2D eigenvalue weighted by Gasteiger charge is 2.22. The fourth-order valence-electron chi connectivity index (χ4n) is 2.82. The molecule has 112 valence electrons. The molecule has 1 fully saturated rings. The first kappa shape index (κ1) is 15.4. The van der Waals surface area contributed by atoms with E-state index in [4.69, 9.17) is 9.47 Å². The molecule has 0 spiro atoms. The van der Waals surface area contributed by atoms with Gasteiger partial charge in [-0.2, -0.15) is 0 Å². The summed E-state index contributed by atoms with van der Waals surface area (Å²) in [6.07, 6.45) is 7.60. The second kappa shape index (κ2) is 8.31. The highest BCUT2D eigenvalue weighted by atomic mass is 16.5. The third-order valence-corrected chi connectivity index (χ3v) is 4.09. The number of rotatable bonds is 7. The van der Waals surface area contributed by atoms with Crippen molar-refractivity contribution in [3.8, 4) is 5.75 Å². The number of hydrogen-bond donors (Lipinski definition) is 0. The molecule has 2 atom stereocenters. The van der Waals surface area contributed by atoms with Crippen LogP contribution in [0.3, 0.4) is 0 Å². The summed E-state index contributed by atoms with van der Waals surface area (Å²) in [5.74, 6) is 1.75. The van der Waals surface area contributed by atoms with Crippen LogP contribution in [0.1, 0.15) is 64.0 Å². The molecule has 1 aromatic rings. The first-order valence-electron chi connectivity index (χ1n) is 8.17. The van der Waals surface area contributed by atoms with E-state index in [9.17, 15) is 0 Å². The Labute approximate surface area is 123 Å². The normalized spacial score (nSPS) is 22.7. The van der Waals surface area contributed by atoms with Crippen molar-refractivity contribution in [2.75, 3.05) is 13.2 Å². The van der Waals surface area contributed by atoms with Gasteiger partial charge >= 0.3 is 0 Å². The average molecular weight is 276 g/mol. The quantitative estimate of drug-likeness (QED) is 0.642. The van der Waals surface area contributed by atoms with E-state index in [1.165, 1.54) is 31.2 Å². The lowest BCUT2D eigenvalue weighted by Gasteiger charge is -2.29. The van der Waals surface area contributed by atoms with E-state index in [2.05, 4.69) is 38.1 Å². The Kier molecular flexibility index (Phi) is 6.38. The van der Waals surface area contributed by atoms with Gasteiger partial charge in [0, 0.05) is 0 Å². The van der Waals surface area contributed by atoms with Crippen LogP contribution in [0.2, 0.25) is 0 Å². The van der Waals surface area contributed by atoms with Gasteiger partial charge < -0.3 is 9.47 Å². The molecule has 20 heavy (non-hydrogen) atoms. The number of benzene rings is 1. The largest absolute Gasteiger partial charge is 0.494 e. The molecule has 2 nitrogen and oxygen atoms in total. The highest BCUT2D eigenvalue weighted by Crippen LogP contribution is 2.32. The van der Waals surface area contributed by atoms with E-state index >= 15 is 0 Å². The monoisotopic (exact) mass is 276 g/mol. The summed E-state index contributed by atoms with van der Waals surface area (Å²) in [5.41, 5.74) is 1.29. The molecule has 0 N–H and O–H groups in total. The van der Waals surface area contributed by atoms with Crippen LogP contribution in [0.4, 0.5) is 0 Å². The minimum absolute atomic E-state index is 0.285. The summed E-state index contributed by atoms with van der Waals surface area (Å²) in [6, 6.07) is 8.47. The summed E-state index contributed by atoms with van der Waals surface area (Å²) in [4.78, 5) is 0. The number of unbranched alkanes of at least 4 members (excludes halogenated alkanes) is 1. The van der Waals surface area contributed by atoms with Gasteiger partial charge in [0.2, 0.25) is 0 Å². The molecule has 2 unspecified atom stereocenters. The molecule has 1 aliphatic heterocycles. The van der Waals surface area contributed by atoms with Gasteiger partial charge in [0.05, 0.1) is 19.3 Å². The van der Waals surface area contributed by atoms with Crippen molar-refractivity contribution >= 4 is 0 Å². The third-order valence-electron chi connectivity index (χ3n) is 4.09. The predicted molar refractivity (Wildman–Crippen MR) is 83.2 cm³/mol. The van der Waals surface area contributed by atoms with E-state index in [0.717, 1.165) is 37.7 Å². The third kappa shape index (κ3) is 4.52. The maximum atomic E-state index is 6.03. The van der Waals surface area contributed by atoms with Crippen LogP contribution in [0.25, 0.3) is 0 Å². The van der Waals surface area contributed by atoms with E-state index in [1.807, 2.05) is 0 Å². The Morgan fingerprint density at radius 2 is 1.90 bits per heavy atom. The molecule has 0 aliphatic carbocycles. The van der Waals surface area contributed by atoms with Crippen molar-refractivity contribution in [2.45, 2.75) is 58.5 Å². The Morgan fingerprint density at radius 3 is 2.50 bits per heavy atom. The number of ether oxygens (including phenoxy) is 2. The summed E-state index contributed by atoms with van der Waals surface area (Å²) >= 11 is 0. The number of hydrogen-bond acceptors (Lipinski definition) is 2. The predicted octanol–water partition coefficient (Wildman–Crippen LogP) is 5.13. The van der Waals surface area contributed by atoms with Crippen molar-refractivity contribution < 1.29 is 9.47 Å². The summed E-state index contributed by atoms with van der Waals surface area (Å²) < 4.78 is 11.7. The summed E-state index contributed by atoms with van der Waals surface area (Å²) in [5, 5.41) is 0. The van der Waals surface area contributed by atoms with Crippen LogP contribution in [-0.2, 0) is 4.74 Å². The minimum atomic E-state index is 0.285. The zero-order valence-corrected chi connectivity index (χ0v) is 12.9. The molecule has 0 bridgehead atoms. The van der Waals surface area contributed by atoms with Crippen LogP contribution in [0.5, 0.6) is 5.75 Å². The second-order valence-corrected chi connectivity index (χ2v) is 5.83. The maximum Gasteiger partial charge on any atom is 0.119 e. The fourth-order valence-corrected chi connectivity index (χ4v) is 2.82. The van der Waals surface area contributed by atoms with Crippen molar-refractivity contribution in [3.63, 3.8) is 0 Å². The van der Waals surface area contributed by atoms with Crippen LogP contribution < -0.4 is 4.74 Å². The molecule has 1 aliphatic rings. The topological polar surface area (TPSA) is 18.5 Å². The molecule has 2 heteroatoms. The Bertz CT molecular complexity index is 364. The SMILES string of the molecule is CCCCOc1ccc(C2CCC(CCC)CO2)cc1.